The van der Waals surface area contributed by atoms with E-state index in [0.29, 0.717) is 5.92 Å². The highest BCUT2D eigenvalue weighted by Crippen LogP contribution is 2.19. The topological polar surface area (TPSA) is 71.8 Å². The van der Waals surface area contributed by atoms with Crippen LogP contribution in [0.1, 0.15) is 36.2 Å². The highest BCUT2D eigenvalue weighted by molar-refractivity contribution is 7.09. The Balaban J connectivity index is 1.70. The van der Waals surface area contributed by atoms with Gasteiger partial charge in [0.25, 0.3) is 0 Å². The highest BCUT2D eigenvalue weighted by atomic mass is 32.1. The van der Waals surface area contributed by atoms with Gasteiger partial charge in [-0.1, -0.05) is 6.92 Å². The van der Waals surface area contributed by atoms with Crippen molar-refractivity contribution in [1.29, 1.82) is 0 Å². The van der Waals surface area contributed by atoms with Crippen LogP contribution in [0.3, 0.4) is 0 Å². The van der Waals surface area contributed by atoms with Crippen LogP contribution in [0.25, 0.3) is 0 Å². The van der Waals surface area contributed by atoms with Gasteiger partial charge in [0.2, 0.25) is 0 Å². The number of nitrogens with zero attached hydrogens (tertiary/aromatic N) is 6. The molecule has 0 bridgehead atoms. The molecule has 1 N–H and O–H groups in total. The van der Waals surface area contributed by atoms with Gasteiger partial charge < -0.3 is 5.32 Å². The highest BCUT2D eigenvalue weighted by Gasteiger charge is 2.21. The number of aromatic nitrogens is 5. The van der Waals surface area contributed by atoms with Gasteiger partial charge in [-0.05, 0) is 49.2 Å². The zero-order valence-corrected chi connectivity index (χ0v) is 14.7. The summed E-state index contributed by atoms with van der Waals surface area (Å²) in [5, 5.41) is 15.7. The van der Waals surface area contributed by atoms with Crippen molar-refractivity contribution >= 4 is 11.3 Å². The van der Waals surface area contributed by atoms with Crippen molar-refractivity contribution in [3.8, 4) is 0 Å². The number of hydrogen-bond donors (Lipinski definition) is 1. The second-order valence-corrected chi connectivity index (χ2v) is 7.15. The fourth-order valence-electron chi connectivity index (χ4n) is 3.02. The molecule has 0 aliphatic carbocycles. The van der Waals surface area contributed by atoms with Crippen LogP contribution >= 0.6 is 11.3 Å². The normalized spacial score (nSPS) is 18.1. The number of aryl methyl sites for hydroxylation is 2. The smallest absolute Gasteiger partial charge is 0.165 e. The lowest BCUT2D eigenvalue weighted by Gasteiger charge is -2.24. The molecule has 3 rings (SSSR count). The molecule has 7 nitrogen and oxygen atoms in total. The summed E-state index contributed by atoms with van der Waals surface area (Å²) in [7, 11) is 0. The lowest BCUT2D eigenvalue weighted by Crippen LogP contribution is -2.31. The molecule has 0 saturated carbocycles. The zero-order chi connectivity index (χ0) is 16.1. The van der Waals surface area contributed by atoms with E-state index in [9.17, 15) is 0 Å². The largest absolute Gasteiger partial charge is 0.316 e. The molecule has 1 atom stereocenters. The molecule has 126 valence electrons. The summed E-state index contributed by atoms with van der Waals surface area (Å²) in [6, 6.07) is 0. The molecule has 8 heteroatoms. The summed E-state index contributed by atoms with van der Waals surface area (Å²) >= 11 is 1.74. The third-order valence-corrected chi connectivity index (χ3v) is 5.22. The maximum absolute atomic E-state index is 4.38. The van der Waals surface area contributed by atoms with Gasteiger partial charge in [-0.25, -0.2) is 9.67 Å². The first-order chi connectivity index (χ1) is 11.3. The van der Waals surface area contributed by atoms with Crippen LogP contribution in [0.15, 0.2) is 5.51 Å². The molecule has 0 radical (unpaired) electrons. The number of tetrazole rings is 1. The van der Waals surface area contributed by atoms with Crippen molar-refractivity contribution < 1.29 is 0 Å². The minimum Gasteiger partial charge on any atom is -0.316 e. The fourth-order valence-corrected chi connectivity index (χ4v) is 3.84. The van der Waals surface area contributed by atoms with Crippen molar-refractivity contribution in [1.82, 2.24) is 35.4 Å². The first-order valence-corrected chi connectivity index (χ1v) is 9.21. The second-order valence-electron chi connectivity index (χ2n) is 6.21. The van der Waals surface area contributed by atoms with Crippen LogP contribution in [-0.4, -0.2) is 49.7 Å². The second kappa shape index (κ2) is 7.94. The lowest BCUT2D eigenvalue weighted by atomic mass is 10.1. The van der Waals surface area contributed by atoms with E-state index in [1.165, 1.54) is 11.3 Å². The Morgan fingerprint density at radius 1 is 1.43 bits per heavy atom. The predicted molar refractivity (Wildman–Crippen MR) is 90.0 cm³/mol. The minimum atomic E-state index is 0.707. The van der Waals surface area contributed by atoms with E-state index in [-0.39, 0.29) is 0 Å². The van der Waals surface area contributed by atoms with Crippen LogP contribution in [0.2, 0.25) is 0 Å². The summed E-state index contributed by atoms with van der Waals surface area (Å²) in [4.78, 5) is 8.19. The lowest BCUT2D eigenvalue weighted by molar-refractivity contribution is 0.212. The van der Waals surface area contributed by atoms with Gasteiger partial charge in [0, 0.05) is 24.5 Å². The molecule has 0 amide bonds. The zero-order valence-electron chi connectivity index (χ0n) is 13.9. The number of nitrogens with one attached hydrogen (secondary N) is 1. The van der Waals surface area contributed by atoms with Gasteiger partial charge in [0.15, 0.2) is 5.82 Å². The summed E-state index contributed by atoms with van der Waals surface area (Å²) in [5.41, 5.74) is 3.07. The predicted octanol–water partition coefficient (Wildman–Crippen LogP) is 1.46. The number of hydrogen-bond acceptors (Lipinski definition) is 7. The van der Waals surface area contributed by atoms with Crippen molar-refractivity contribution in [2.24, 2.45) is 5.92 Å². The molecule has 1 aliphatic rings. The molecule has 1 aliphatic heterocycles. The Bertz CT molecular complexity index is 602. The summed E-state index contributed by atoms with van der Waals surface area (Å²) < 4.78 is 1.93. The fraction of sp³-hybridized carbons (Fsp3) is 0.733. The molecule has 2 aromatic heterocycles. The molecule has 1 saturated heterocycles. The van der Waals surface area contributed by atoms with E-state index < -0.39 is 0 Å². The summed E-state index contributed by atoms with van der Waals surface area (Å²) in [5.74, 6) is 1.67. The molecule has 1 unspecified atom stereocenters. The van der Waals surface area contributed by atoms with Crippen LogP contribution < -0.4 is 5.32 Å². The van der Waals surface area contributed by atoms with Gasteiger partial charge in [0.05, 0.1) is 17.7 Å². The Morgan fingerprint density at radius 3 is 3.04 bits per heavy atom. The van der Waals surface area contributed by atoms with Gasteiger partial charge >= 0.3 is 0 Å². The van der Waals surface area contributed by atoms with Crippen molar-refractivity contribution in [3.05, 3.63) is 21.9 Å². The van der Waals surface area contributed by atoms with Crippen LogP contribution in [-0.2, 0) is 19.6 Å². The van der Waals surface area contributed by atoms with E-state index in [0.717, 1.165) is 57.2 Å². The SMILES string of the molecule is CCCn1nnnc1CN(Cc1scnc1C)CC1CCNC1. The van der Waals surface area contributed by atoms with E-state index in [1.807, 2.05) is 10.2 Å². The van der Waals surface area contributed by atoms with E-state index >= 15 is 0 Å². The standard InChI is InChI=1S/C15H25N7S/c1-3-6-22-15(18-19-20-22)10-21(8-13-4-5-16-7-13)9-14-12(2)17-11-23-14/h11,13,16H,3-10H2,1-2H3. The molecule has 23 heavy (non-hydrogen) atoms. The monoisotopic (exact) mass is 335 g/mol. The third-order valence-electron chi connectivity index (χ3n) is 4.30. The van der Waals surface area contributed by atoms with Crippen molar-refractivity contribution in [2.75, 3.05) is 19.6 Å². The van der Waals surface area contributed by atoms with Crippen LogP contribution in [0, 0.1) is 12.8 Å². The molecular formula is C15H25N7S. The quantitative estimate of drug-likeness (QED) is 0.787. The average molecular weight is 335 g/mol. The average Bonchev–Trinajstić information content (AvgIpc) is 3.26. The molecule has 1 fully saturated rings. The maximum Gasteiger partial charge on any atom is 0.165 e. The van der Waals surface area contributed by atoms with E-state index in [2.05, 4.69) is 44.6 Å². The first-order valence-electron chi connectivity index (χ1n) is 8.33. The molecule has 3 heterocycles. The van der Waals surface area contributed by atoms with Crippen LogP contribution in [0.4, 0.5) is 0 Å². The third kappa shape index (κ3) is 4.33. The molecule has 2 aromatic rings. The minimum absolute atomic E-state index is 0.707. The van der Waals surface area contributed by atoms with E-state index in [1.54, 1.807) is 11.3 Å². The Hall–Kier alpha value is -1.38. The Morgan fingerprint density at radius 2 is 2.35 bits per heavy atom. The summed E-state index contributed by atoms with van der Waals surface area (Å²) in [6.45, 7) is 10.1. The maximum atomic E-state index is 4.38. The van der Waals surface area contributed by atoms with Crippen molar-refractivity contribution in [3.63, 3.8) is 0 Å². The van der Waals surface area contributed by atoms with Crippen LogP contribution in [0.5, 0.6) is 0 Å². The van der Waals surface area contributed by atoms with Gasteiger partial charge in [-0.2, -0.15) is 0 Å². The first kappa shape index (κ1) is 16.5. The van der Waals surface area contributed by atoms with Gasteiger partial charge in [-0.3, -0.25) is 4.90 Å². The Kier molecular flexibility index (Phi) is 5.69. The van der Waals surface area contributed by atoms with Gasteiger partial charge in [0.1, 0.15) is 0 Å². The summed E-state index contributed by atoms with van der Waals surface area (Å²) in [6.07, 6.45) is 2.29. The molecule has 0 aromatic carbocycles. The number of thiazole rings is 1. The number of rotatable bonds is 8. The molecular weight excluding hydrogens is 310 g/mol. The van der Waals surface area contributed by atoms with Gasteiger partial charge in [-0.15, -0.1) is 16.4 Å². The van der Waals surface area contributed by atoms with E-state index in [4.69, 9.17) is 0 Å². The Labute approximate surface area is 141 Å². The van der Waals surface area contributed by atoms with Crippen molar-refractivity contribution in [2.45, 2.75) is 46.3 Å². The molecule has 0 spiro atoms.